The first-order valence-electron chi connectivity index (χ1n) is 5.64. The summed E-state index contributed by atoms with van der Waals surface area (Å²) in [7, 11) is 0. The number of hydrogen-bond acceptors (Lipinski definition) is 2. The molecule has 0 bridgehead atoms. The zero-order chi connectivity index (χ0) is 11.2. The molecule has 0 saturated heterocycles. The van der Waals surface area contributed by atoms with E-state index in [2.05, 4.69) is 39.1 Å². The summed E-state index contributed by atoms with van der Waals surface area (Å²) in [6, 6.07) is 6.42. The Labute approximate surface area is 103 Å². The molecule has 3 rings (SSSR count). The molecule has 2 nitrogen and oxygen atoms in total. The average Bonchev–Trinajstić information content (AvgIpc) is 3.13. The molecule has 2 fully saturated rings. The van der Waals surface area contributed by atoms with Crippen molar-refractivity contribution < 1.29 is 4.79 Å². The number of isocyanates is 1. The van der Waals surface area contributed by atoms with Gasteiger partial charge in [-0.2, -0.15) is 4.99 Å². The summed E-state index contributed by atoms with van der Waals surface area (Å²) >= 11 is 3.62. The van der Waals surface area contributed by atoms with E-state index >= 15 is 0 Å². The fraction of sp³-hybridized carbons (Fsp3) is 0.462. The van der Waals surface area contributed by atoms with Crippen molar-refractivity contribution in [1.82, 2.24) is 0 Å². The van der Waals surface area contributed by atoms with Crippen LogP contribution in [-0.4, -0.2) is 6.08 Å². The lowest BCUT2D eigenvalue weighted by molar-refractivity contribution is 0.556. The van der Waals surface area contributed by atoms with Crippen LogP contribution in [0.5, 0.6) is 0 Å². The number of halogens is 1. The predicted octanol–water partition coefficient (Wildman–Crippen LogP) is 3.65. The van der Waals surface area contributed by atoms with Gasteiger partial charge in [-0.3, -0.25) is 0 Å². The molecule has 3 heteroatoms. The Morgan fingerprint density at radius 1 is 1.38 bits per heavy atom. The van der Waals surface area contributed by atoms with E-state index in [9.17, 15) is 4.79 Å². The highest BCUT2D eigenvalue weighted by atomic mass is 79.9. The molecule has 0 heterocycles. The van der Waals surface area contributed by atoms with Crippen LogP contribution < -0.4 is 0 Å². The third-order valence-corrected chi connectivity index (χ3v) is 4.22. The molecule has 0 N–H and O–H groups in total. The van der Waals surface area contributed by atoms with Crippen LogP contribution >= 0.6 is 15.9 Å². The van der Waals surface area contributed by atoms with Crippen molar-refractivity contribution in [3.8, 4) is 0 Å². The number of rotatable bonds is 3. The maximum atomic E-state index is 10.4. The molecule has 2 saturated carbocycles. The standard InChI is InChI=1S/C13H12BrNO/c14-12-7-10(13(5-6-13)15-8-16)3-4-11(12)9-1-2-9/h3-4,7,9H,1-2,5-6H2. The molecular weight excluding hydrogens is 266 g/mol. The Kier molecular flexibility index (Phi) is 2.27. The highest BCUT2D eigenvalue weighted by molar-refractivity contribution is 9.10. The topological polar surface area (TPSA) is 29.4 Å². The van der Waals surface area contributed by atoms with Crippen molar-refractivity contribution in [2.24, 2.45) is 4.99 Å². The van der Waals surface area contributed by atoms with E-state index in [4.69, 9.17) is 0 Å². The van der Waals surface area contributed by atoms with Crippen LogP contribution in [0.3, 0.4) is 0 Å². The zero-order valence-corrected chi connectivity index (χ0v) is 10.5. The first-order valence-corrected chi connectivity index (χ1v) is 6.43. The number of nitrogens with zero attached hydrogens (tertiary/aromatic N) is 1. The molecule has 1 aromatic rings. The summed E-state index contributed by atoms with van der Waals surface area (Å²) < 4.78 is 1.17. The summed E-state index contributed by atoms with van der Waals surface area (Å²) in [6.45, 7) is 0. The Morgan fingerprint density at radius 3 is 2.62 bits per heavy atom. The van der Waals surface area contributed by atoms with Crippen LogP contribution in [0.25, 0.3) is 0 Å². The Bertz CT molecular complexity index is 483. The number of benzene rings is 1. The maximum Gasteiger partial charge on any atom is 0.235 e. The van der Waals surface area contributed by atoms with Crippen LogP contribution in [0.4, 0.5) is 0 Å². The molecule has 2 aliphatic carbocycles. The van der Waals surface area contributed by atoms with E-state index in [1.165, 1.54) is 22.9 Å². The van der Waals surface area contributed by atoms with Crippen molar-refractivity contribution in [2.75, 3.05) is 0 Å². The first-order chi connectivity index (χ1) is 7.75. The molecule has 2 aliphatic rings. The Hall–Kier alpha value is -0.920. The van der Waals surface area contributed by atoms with Gasteiger partial charge in [0.05, 0.1) is 5.54 Å². The van der Waals surface area contributed by atoms with Crippen molar-refractivity contribution >= 4 is 22.0 Å². The molecule has 0 aromatic heterocycles. The molecule has 0 aliphatic heterocycles. The smallest absolute Gasteiger partial charge is 0.211 e. The number of aliphatic imine (C=N–C) groups is 1. The average molecular weight is 278 g/mol. The second-order valence-corrected chi connectivity index (χ2v) is 5.60. The van der Waals surface area contributed by atoms with E-state index in [0.29, 0.717) is 0 Å². The fourth-order valence-electron chi connectivity index (χ4n) is 2.21. The molecule has 0 radical (unpaired) electrons. The van der Waals surface area contributed by atoms with Crippen molar-refractivity contribution in [3.05, 3.63) is 33.8 Å². The van der Waals surface area contributed by atoms with Gasteiger partial charge in [-0.15, -0.1) is 0 Å². The van der Waals surface area contributed by atoms with E-state index in [0.717, 1.165) is 24.3 Å². The number of carbonyl (C=O) groups excluding carboxylic acids is 1. The van der Waals surface area contributed by atoms with Gasteiger partial charge in [0.2, 0.25) is 6.08 Å². The Morgan fingerprint density at radius 2 is 2.12 bits per heavy atom. The monoisotopic (exact) mass is 277 g/mol. The van der Waals surface area contributed by atoms with Gasteiger partial charge in [0, 0.05) is 4.47 Å². The van der Waals surface area contributed by atoms with Crippen LogP contribution in [0.1, 0.15) is 42.7 Å². The van der Waals surface area contributed by atoms with E-state index in [1.54, 1.807) is 6.08 Å². The lowest BCUT2D eigenvalue weighted by atomic mass is 10.0. The highest BCUT2D eigenvalue weighted by Gasteiger charge is 2.45. The molecule has 0 amide bonds. The van der Waals surface area contributed by atoms with Crippen LogP contribution in [0.15, 0.2) is 27.7 Å². The minimum Gasteiger partial charge on any atom is -0.211 e. The van der Waals surface area contributed by atoms with Gasteiger partial charge >= 0.3 is 0 Å². The lowest BCUT2D eigenvalue weighted by Gasteiger charge is -2.11. The van der Waals surface area contributed by atoms with Gasteiger partial charge in [-0.05, 0) is 48.8 Å². The summed E-state index contributed by atoms with van der Waals surface area (Å²) in [4.78, 5) is 14.3. The van der Waals surface area contributed by atoms with Gasteiger partial charge in [0.15, 0.2) is 0 Å². The maximum absolute atomic E-state index is 10.4. The second kappa shape index (κ2) is 3.54. The molecular formula is C13H12BrNO. The van der Waals surface area contributed by atoms with E-state index < -0.39 is 0 Å². The molecule has 1 aromatic carbocycles. The summed E-state index contributed by atoms with van der Waals surface area (Å²) in [5.74, 6) is 0.744. The lowest BCUT2D eigenvalue weighted by Crippen LogP contribution is -2.02. The van der Waals surface area contributed by atoms with E-state index in [1.807, 2.05) is 0 Å². The van der Waals surface area contributed by atoms with Crippen molar-refractivity contribution in [2.45, 2.75) is 37.1 Å². The third kappa shape index (κ3) is 1.64. The largest absolute Gasteiger partial charge is 0.235 e. The number of hydrogen-bond donors (Lipinski definition) is 0. The van der Waals surface area contributed by atoms with E-state index in [-0.39, 0.29) is 5.54 Å². The van der Waals surface area contributed by atoms with Gasteiger partial charge in [-0.25, -0.2) is 4.79 Å². The zero-order valence-electron chi connectivity index (χ0n) is 8.87. The minimum atomic E-state index is -0.244. The minimum absolute atomic E-state index is 0.244. The normalized spacial score (nSPS) is 21.3. The van der Waals surface area contributed by atoms with Crippen LogP contribution in [0, 0.1) is 0 Å². The summed E-state index contributed by atoms with van der Waals surface area (Å²) in [5.41, 5.74) is 2.30. The fourth-order valence-corrected chi connectivity index (χ4v) is 2.92. The second-order valence-electron chi connectivity index (χ2n) is 4.75. The summed E-state index contributed by atoms with van der Waals surface area (Å²) in [6.07, 6.45) is 6.24. The molecule has 0 spiro atoms. The predicted molar refractivity (Wildman–Crippen MR) is 65.2 cm³/mol. The van der Waals surface area contributed by atoms with Crippen molar-refractivity contribution in [3.63, 3.8) is 0 Å². The van der Waals surface area contributed by atoms with Gasteiger partial charge in [-0.1, -0.05) is 28.1 Å². The van der Waals surface area contributed by atoms with Gasteiger partial charge < -0.3 is 0 Å². The molecule has 16 heavy (non-hydrogen) atoms. The molecule has 0 atom stereocenters. The quantitative estimate of drug-likeness (QED) is 0.613. The SMILES string of the molecule is O=C=NC1(c2ccc(C3CC3)c(Br)c2)CC1. The third-order valence-electron chi connectivity index (χ3n) is 3.54. The summed E-state index contributed by atoms with van der Waals surface area (Å²) in [5, 5.41) is 0. The highest BCUT2D eigenvalue weighted by Crippen LogP contribution is 2.51. The van der Waals surface area contributed by atoms with Gasteiger partial charge in [0.1, 0.15) is 0 Å². The van der Waals surface area contributed by atoms with Gasteiger partial charge in [0.25, 0.3) is 0 Å². The molecule has 0 unspecified atom stereocenters. The van der Waals surface area contributed by atoms with Crippen LogP contribution in [-0.2, 0) is 10.3 Å². The molecule has 82 valence electrons. The Balaban J connectivity index is 1.97. The first kappa shape index (κ1) is 10.2. The van der Waals surface area contributed by atoms with Crippen molar-refractivity contribution in [1.29, 1.82) is 0 Å². The van der Waals surface area contributed by atoms with Crippen LogP contribution in [0.2, 0.25) is 0 Å².